The van der Waals surface area contributed by atoms with Crippen LogP contribution in [-0.4, -0.2) is 17.6 Å². The zero-order valence-corrected chi connectivity index (χ0v) is 13.4. The van der Waals surface area contributed by atoms with Crippen LogP contribution >= 0.6 is 22.9 Å². The molecule has 1 aromatic heterocycles. The smallest absolute Gasteiger partial charge is 0.322 e. The van der Waals surface area contributed by atoms with Crippen LogP contribution in [0.2, 0.25) is 5.02 Å². The quantitative estimate of drug-likeness (QED) is 0.821. The highest BCUT2D eigenvalue weighted by molar-refractivity contribution is 7.10. The number of carbonyl (C=O) groups is 1. The Labute approximate surface area is 133 Å². The Hall–Kier alpha value is -1.36. The number of thiophene rings is 1. The molecule has 2 atom stereocenters. The molecule has 0 spiro atoms. The molecule has 0 N–H and O–H groups in total. The van der Waals surface area contributed by atoms with E-state index < -0.39 is 0 Å². The lowest BCUT2D eigenvalue weighted by atomic mass is 9.90. The van der Waals surface area contributed by atoms with Crippen LogP contribution in [-0.2, 0) is 9.63 Å². The van der Waals surface area contributed by atoms with Gasteiger partial charge in [0.05, 0.1) is 6.04 Å². The highest BCUT2D eigenvalue weighted by atomic mass is 35.5. The lowest BCUT2D eigenvalue weighted by Crippen LogP contribution is -2.38. The number of halogens is 1. The van der Waals surface area contributed by atoms with Crippen LogP contribution in [0.25, 0.3) is 0 Å². The molecular weight excluding hydrogens is 306 g/mol. The van der Waals surface area contributed by atoms with Gasteiger partial charge in [-0.3, -0.25) is 4.79 Å². The van der Waals surface area contributed by atoms with Gasteiger partial charge in [-0.15, -0.1) is 16.4 Å². The summed E-state index contributed by atoms with van der Waals surface area (Å²) in [5.74, 6) is 0.0241. The molecule has 1 aliphatic heterocycles. The Kier molecular flexibility index (Phi) is 4.02. The van der Waals surface area contributed by atoms with E-state index in [9.17, 15) is 4.79 Å². The molecular formula is C16H16ClNO2S. The molecule has 0 bridgehead atoms. The van der Waals surface area contributed by atoms with E-state index in [1.165, 1.54) is 17.4 Å². The molecule has 0 amide bonds. The Balaban J connectivity index is 2.10. The third-order valence-electron chi connectivity index (χ3n) is 3.66. The monoisotopic (exact) mass is 321 g/mol. The van der Waals surface area contributed by atoms with Gasteiger partial charge in [0, 0.05) is 29.3 Å². The number of hydrogen-bond donors (Lipinski definition) is 0. The number of hydroxylamine groups is 2. The Bertz CT molecular complexity index is 670. The van der Waals surface area contributed by atoms with Crippen molar-refractivity contribution in [2.24, 2.45) is 0 Å². The van der Waals surface area contributed by atoms with Gasteiger partial charge in [0.1, 0.15) is 0 Å². The summed E-state index contributed by atoms with van der Waals surface area (Å²) in [6, 6.07) is 9.67. The molecule has 2 unspecified atom stereocenters. The molecule has 2 aromatic rings. The Morgan fingerprint density at radius 3 is 2.81 bits per heavy atom. The molecule has 1 aliphatic rings. The first-order valence-corrected chi connectivity index (χ1v) is 8.10. The normalized spacial score (nSPS) is 21.9. The number of fused-ring (bicyclic) bond motifs is 1. The minimum absolute atomic E-state index is 0.139. The minimum atomic E-state index is -0.307. The van der Waals surface area contributed by atoms with E-state index in [-0.39, 0.29) is 12.0 Å². The summed E-state index contributed by atoms with van der Waals surface area (Å²) in [5.41, 5.74) is 2.14. The number of hydrogen-bond acceptors (Lipinski definition) is 4. The summed E-state index contributed by atoms with van der Waals surface area (Å²) >= 11 is 8.11. The molecule has 0 fully saturated rings. The maximum Gasteiger partial charge on any atom is 0.322 e. The van der Waals surface area contributed by atoms with Crippen LogP contribution in [0.4, 0.5) is 0 Å². The first kappa shape index (κ1) is 14.6. The van der Waals surface area contributed by atoms with Gasteiger partial charge in [-0.2, -0.15) is 0 Å². The van der Waals surface area contributed by atoms with Crippen LogP contribution in [0.3, 0.4) is 0 Å². The topological polar surface area (TPSA) is 29.5 Å². The maximum atomic E-state index is 11.4. The minimum Gasteiger partial charge on any atom is -0.367 e. The molecule has 21 heavy (non-hydrogen) atoms. The van der Waals surface area contributed by atoms with Crippen LogP contribution in [0.5, 0.6) is 0 Å². The van der Waals surface area contributed by atoms with Crippen molar-refractivity contribution in [2.45, 2.75) is 25.8 Å². The largest absolute Gasteiger partial charge is 0.367 e. The Morgan fingerprint density at radius 2 is 2.10 bits per heavy atom. The van der Waals surface area contributed by atoms with Gasteiger partial charge in [-0.1, -0.05) is 36.7 Å². The SMILES string of the molecule is CC(=O)ON1CC(C)c2sccc2C1c1ccccc1Cl. The van der Waals surface area contributed by atoms with E-state index >= 15 is 0 Å². The second-order valence-corrected chi connectivity index (χ2v) is 6.60. The van der Waals surface area contributed by atoms with Crippen molar-refractivity contribution in [3.05, 3.63) is 56.7 Å². The molecule has 3 rings (SSSR count). The van der Waals surface area contributed by atoms with E-state index in [2.05, 4.69) is 18.4 Å². The molecule has 0 saturated heterocycles. The van der Waals surface area contributed by atoms with E-state index in [1.807, 2.05) is 24.3 Å². The number of benzene rings is 1. The summed E-state index contributed by atoms with van der Waals surface area (Å²) in [7, 11) is 0. The van der Waals surface area contributed by atoms with Gasteiger partial charge in [0.15, 0.2) is 0 Å². The van der Waals surface area contributed by atoms with Gasteiger partial charge in [-0.05, 0) is 28.6 Å². The van der Waals surface area contributed by atoms with Crippen molar-refractivity contribution in [3.8, 4) is 0 Å². The van der Waals surface area contributed by atoms with Crippen LogP contribution < -0.4 is 0 Å². The summed E-state index contributed by atoms with van der Waals surface area (Å²) < 4.78 is 0. The lowest BCUT2D eigenvalue weighted by Gasteiger charge is -2.37. The van der Waals surface area contributed by atoms with Gasteiger partial charge >= 0.3 is 5.97 Å². The van der Waals surface area contributed by atoms with Crippen LogP contribution in [0.1, 0.15) is 41.8 Å². The van der Waals surface area contributed by atoms with Crippen molar-refractivity contribution in [2.75, 3.05) is 6.54 Å². The summed E-state index contributed by atoms with van der Waals surface area (Å²) in [6.45, 7) is 4.25. The van der Waals surface area contributed by atoms with Crippen molar-refractivity contribution >= 4 is 28.9 Å². The molecule has 3 nitrogen and oxygen atoms in total. The highest BCUT2D eigenvalue weighted by Gasteiger charge is 2.36. The van der Waals surface area contributed by atoms with E-state index in [0.717, 1.165) is 5.56 Å². The third-order valence-corrected chi connectivity index (χ3v) is 5.17. The molecule has 2 heterocycles. The van der Waals surface area contributed by atoms with Crippen molar-refractivity contribution in [1.29, 1.82) is 0 Å². The molecule has 0 saturated carbocycles. The fourth-order valence-corrected chi connectivity index (χ4v) is 4.07. The standard InChI is InChI=1S/C16H16ClNO2S/c1-10-9-18(20-11(2)19)15(13-7-8-21-16(10)13)12-5-3-4-6-14(12)17/h3-8,10,15H,9H2,1-2H3. The third kappa shape index (κ3) is 2.71. The van der Waals surface area contributed by atoms with E-state index in [4.69, 9.17) is 16.4 Å². The van der Waals surface area contributed by atoms with E-state index in [1.54, 1.807) is 16.4 Å². The van der Waals surface area contributed by atoms with Crippen molar-refractivity contribution < 1.29 is 9.63 Å². The lowest BCUT2D eigenvalue weighted by molar-refractivity contribution is -0.199. The second kappa shape index (κ2) is 5.79. The first-order chi connectivity index (χ1) is 10.1. The van der Waals surface area contributed by atoms with Crippen LogP contribution in [0, 0.1) is 0 Å². The van der Waals surface area contributed by atoms with Crippen molar-refractivity contribution in [1.82, 2.24) is 5.06 Å². The Morgan fingerprint density at radius 1 is 1.33 bits per heavy atom. The summed E-state index contributed by atoms with van der Waals surface area (Å²) in [4.78, 5) is 18.2. The highest BCUT2D eigenvalue weighted by Crippen LogP contribution is 2.44. The molecule has 1 aromatic carbocycles. The van der Waals surface area contributed by atoms with Gasteiger partial charge in [0.25, 0.3) is 0 Å². The van der Waals surface area contributed by atoms with Crippen molar-refractivity contribution in [3.63, 3.8) is 0 Å². The first-order valence-electron chi connectivity index (χ1n) is 6.85. The van der Waals surface area contributed by atoms with Gasteiger partial charge < -0.3 is 4.84 Å². The average Bonchev–Trinajstić information content (AvgIpc) is 2.89. The maximum absolute atomic E-state index is 11.4. The fraction of sp³-hybridized carbons (Fsp3) is 0.312. The predicted molar refractivity (Wildman–Crippen MR) is 84.5 cm³/mol. The number of carbonyl (C=O) groups excluding carboxylic acids is 1. The summed E-state index contributed by atoms with van der Waals surface area (Å²) in [6.07, 6.45) is 0. The summed E-state index contributed by atoms with van der Waals surface area (Å²) in [5, 5.41) is 4.53. The fourth-order valence-electron chi connectivity index (χ4n) is 2.85. The average molecular weight is 322 g/mol. The molecule has 0 radical (unpaired) electrons. The predicted octanol–water partition coefficient (Wildman–Crippen LogP) is 4.39. The number of rotatable bonds is 2. The van der Waals surface area contributed by atoms with Gasteiger partial charge in [-0.25, -0.2) is 0 Å². The van der Waals surface area contributed by atoms with Crippen LogP contribution in [0.15, 0.2) is 35.7 Å². The zero-order chi connectivity index (χ0) is 15.0. The second-order valence-electron chi connectivity index (χ2n) is 5.25. The molecule has 5 heteroatoms. The van der Waals surface area contributed by atoms with E-state index in [0.29, 0.717) is 17.5 Å². The molecule has 110 valence electrons. The number of nitrogens with zero attached hydrogens (tertiary/aromatic N) is 1. The molecule has 0 aliphatic carbocycles. The van der Waals surface area contributed by atoms with Gasteiger partial charge in [0.2, 0.25) is 0 Å². The zero-order valence-electron chi connectivity index (χ0n) is 11.9.